The Labute approximate surface area is 209 Å². The number of rotatable bonds is 6. The van der Waals surface area contributed by atoms with Gasteiger partial charge < -0.3 is 16.0 Å². The van der Waals surface area contributed by atoms with Gasteiger partial charge in [0.25, 0.3) is 5.91 Å². The third kappa shape index (κ3) is 5.82. The van der Waals surface area contributed by atoms with E-state index in [9.17, 15) is 18.8 Å². The number of amides is 3. The van der Waals surface area contributed by atoms with E-state index >= 15 is 0 Å². The van der Waals surface area contributed by atoms with Gasteiger partial charge in [0.15, 0.2) is 0 Å². The maximum Gasteiger partial charge on any atom is 0.253 e. The molecule has 1 saturated heterocycles. The van der Waals surface area contributed by atoms with Gasteiger partial charge in [0.2, 0.25) is 11.8 Å². The topological polar surface area (TPSA) is 95.7 Å². The molecule has 2 aliphatic rings. The van der Waals surface area contributed by atoms with Gasteiger partial charge in [0.05, 0.1) is 10.9 Å². The Morgan fingerprint density at radius 2 is 1.69 bits per heavy atom. The van der Waals surface area contributed by atoms with Crippen LogP contribution in [0.3, 0.4) is 0 Å². The van der Waals surface area contributed by atoms with E-state index in [0.717, 1.165) is 25.7 Å². The van der Waals surface area contributed by atoms with Crippen molar-refractivity contribution >= 4 is 29.3 Å². The van der Waals surface area contributed by atoms with Gasteiger partial charge in [-0.2, -0.15) is 0 Å². The highest BCUT2D eigenvalue weighted by Gasteiger charge is 2.38. The molecule has 0 aromatic heterocycles. The lowest BCUT2D eigenvalue weighted by atomic mass is 9.82. The molecule has 2 aromatic rings. The van der Waals surface area contributed by atoms with E-state index in [-0.39, 0.29) is 28.8 Å². The van der Waals surface area contributed by atoms with Gasteiger partial charge in [-0.05, 0) is 36.6 Å². The molecule has 1 aliphatic carbocycles. The third-order valence-corrected chi connectivity index (χ3v) is 7.30. The van der Waals surface area contributed by atoms with Crippen LogP contribution in [-0.4, -0.2) is 59.7 Å². The molecular formula is C26H30ClFN4O3. The summed E-state index contributed by atoms with van der Waals surface area (Å²) in [4.78, 5) is 42.3. The van der Waals surface area contributed by atoms with E-state index in [2.05, 4.69) is 10.2 Å². The molecule has 0 unspecified atom stereocenters. The van der Waals surface area contributed by atoms with Gasteiger partial charge in [-0.25, -0.2) is 4.39 Å². The highest BCUT2D eigenvalue weighted by Crippen LogP contribution is 2.30. The molecule has 4 rings (SSSR count). The molecule has 9 heteroatoms. The van der Waals surface area contributed by atoms with E-state index in [0.29, 0.717) is 37.3 Å². The number of nitrogens with zero attached hydrogens (tertiary/aromatic N) is 2. The van der Waals surface area contributed by atoms with Crippen LogP contribution in [0.25, 0.3) is 0 Å². The molecule has 3 atom stereocenters. The van der Waals surface area contributed by atoms with Gasteiger partial charge in [-0.3, -0.25) is 19.3 Å². The highest BCUT2D eigenvalue weighted by molar-refractivity contribution is 6.31. The Bertz CT molecular complexity index is 1080. The number of carbonyl (C=O) groups is 3. The molecule has 1 heterocycles. The Hall–Kier alpha value is -2.97. The summed E-state index contributed by atoms with van der Waals surface area (Å²) in [6, 6.07) is 12.2. The van der Waals surface area contributed by atoms with Crippen molar-refractivity contribution in [1.29, 1.82) is 0 Å². The second-order valence-electron chi connectivity index (χ2n) is 9.17. The lowest BCUT2D eigenvalue weighted by molar-refractivity contribution is -0.133. The van der Waals surface area contributed by atoms with Gasteiger partial charge in [-0.1, -0.05) is 54.8 Å². The second-order valence-corrected chi connectivity index (χ2v) is 9.58. The van der Waals surface area contributed by atoms with Crippen LogP contribution < -0.4 is 11.1 Å². The number of nitrogens with two attached hydrogens (primary N) is 1. The van der Waals surface area contributed by atoms with E-state index in [1.165, 1.54) is 18.2 Å². The normalized spacial score (nSPS) is 21.8. The fourth-order valence-corrected chi connectivity index (χ4v) is 5.32. The first-order valence-corrected chi connectivity index (χ1v) is 12.4. The fraction of sp³-hybridized carbons (Fsp3) is 0.423. The molecule has 7 nitrogen and oxygen atoms in total. The Balaban J connectivity index is 1.40. The average Bonchev–Trinajstić information content (AvgIpc) is 2.88. The molecule has 2 fully saturated rings. The van der Waals surface area contributed by atoms with E-state index in [1.54, 1.807) is 17.0 Å². The number of halogens is 2. The molecule has 1 saturated carbocycles. The summed E-state index contributed by atoms with van der Waals surface area (Å²) < 4.78 is 13.5. The highest BCUT2D eigenvalue weighted by atomic mass is 35.5. The van der Waals surface area contributed by atoms with Crippen LogP contribution in [0.15, 0.2) is 48.5 Å². The quantitative estimate of drug-likeness (QED) is 0.637. The maximum absolute atomic E-state index is 13.5. The first kappa shape index (κ1) is 25.1. The minimum atomic E-state index is -0.872. The van der Waals surface area contributed by atoms with Crippen molar-refractivity contribution in [3.8, 4) is 0 Å². The number of carbonyl (C=O) groups excluding carboxylic acids is 3. The van der Waals surface area contributed by atoms with E-state index in [1.807, 2.05) is 18.2 Å². The van der Waals surface area contributed by atoms with Crippen molar-refractivity contribution < 1.29 is 18.8 Å². The maximum atomic E-state index is 13.5. The van der Waals surface area contributed by atoms with Crippen molar-refractivity contribution in [2.75, 3.05) is 26.2 Å². The molecular weight excluding hydrogens is 471 g/mol. The van der Waals surface area contributed by atoms with Crippen molar-refractivity contribution in [3.05, 3.63) is 70.5 Å². The molecule has 0 bridgehead atoms. The number of hydrogen-bond acceptors (Lipinski definition) is 4. The Morgan fingerprint density at radius 1 is 1.00 bits per heavy atom. The number of nitrogens with one attached hydrogen (secondary N) is 1. The minimum absolute atomic E-state index is 0.0329. The number of primary amides is 1. The van der Waals surface area contributed by atoms with Gasteiger partial charge in [-0.15, -0.1) is 0 Å². The van der Waals surface area contributed by atoms with E-state index < -0.39 is 17.8 Å². The summed E-state index contributed by atoms with van der Waals surface area (Å²) in [6.45, 7) is 2.28. The van der Waals surface area contributed by atoms with Crippen LogP contribution in [0.1, 0.15) is 47.6 Å². The lowest BCUT2D eigenvalue weighted by Crippen LogP contribution is -2.56. The summed E-state index contributed by atoms with van der Waals surface area (Å²) in [5.41, 5.74) is 6.62. The van der Waals surface area contributed by atoms with Crippen LogP contribution in [0.2, 0.25) is 5.02 Å². The smallest absolute Gasteiger partial charge is 0.253 e. The van der Waals surface area contributed by atoms with Gasteiger partial charge >= 0.3 is 0 Å². The molecule has 1 aliphatic heterocycles. The zero-order valence-electron chi connectivity index (χ0n) is 19.5. The lowest BCUT2D eigenvalue weighted by Gasteiger charge is -2.44. The molecule has 0 spiro atoms. The van der Waals surface area contributed by atoms with Crippen molar-refractivity contribution in [2.45, 2.75) is 37.8 Å². The molecule has 3 N–H and O–H groups in total. The number of benzene rings is 2. The molecule has 0 radical (unpaired) electrons. The van der Waals surface area contributed by atoms with Crippen molar-refractivity contribution in [3.63, 3.8) is 0 Å². The predicted octanol–water partition coefficient (Wildman–Crippen LogP) is 3.14. The largest absolute Gasteiger partial charge is 0.368 e. The monoisotopic (exact) mass is 500 g/mol. The minimum Gasteiger partial charge on any atom is -0.368 e. The van der Waals surface area contributed by atoms with Crippen molar-refractivity contribution in [2.24, 2.45) is 11.7 Å². The summed E-state index contributed by atoms with van der Waals surface area (Å²) in [7, 11) is 0. The van der Waals surface area contributed by atoms with Crippen LogP contribution >= 0.6 is 11.6 Å². The SMILES string of the molecule is NC(=O)[C@@H](NC(=O)[C@@H]1CCCC[C@H]1N1CCN(C(=O)c2ccc(F)c(Cl)c2)CC1)c1ccccc1. The van der Waals surface area contributed by atoms with Gasteiger partial charge in [0, 0.05) is 37.8 Å². The molecule has 2 aromatic carbocycles. The summed E-state index contributed by atoms with van der Waals surface area (Å²) >= 11 is 5.84. The summed E-state index contributed by atoms with van der Waals surface area (Å²) in [5.74, 6) is -1.75. The van der Waals surface area contributed by atoms with Crippen LogP contribution in [-0.2, 0) is 9.59 Å². The van der Waals surface area contributed by atoms with Crippen LogP contribution in [0.5, 0.6) is 0 Å². The summed E-state index contributed by atoms with van der Waals surface area (Å²) in [6.07, 6.45) is 3.60. The third-order valence-electron chi connectivity index (χ3n) is 7.01. The molecule has 186 valence electrons. The fourth-order valence-electron chi connectivity index (χ4n) is 5.14. The Morgan fingerprint density at radius 3 is 2.34 bits per heavy atom. The van der Waals surface area contributed by atoms with E-state index in [4.69, 9.17) is 17.3 Å². The first-order chi connectivity index (χ1) is 16.8. The first-order valence-electron chi connectivity index (χ1n) is 12.0. The van der Waals surface area contributed by atoms with Gasteiger partial charge in [0.1, 0.15) is 11.9 Å². The molecule has 3 amide bonds. The Kier molecular flexibility index (Phi) is 8.03. The predicted molar refractivity (Wildman–Crippen MR) is 131 cm³/mol. The zero-order chi connectivity index (χ0) is 24.9. The summed E-state index contributed by atoms with van der Waals surface area (Å²) in [5, 5.41) is 2.81. The average molecular weight is 501 g/mol. The van der Waals surface area contributed by atoms with Crippen molar-refractivity contribution in [1.82, 2.24) is 15.1 Å². The molecule has 35 heavy (non-hydrogen) atoms. The second kappa shape index (κ2) is 11.2. The van der Waals surface area contributed by atoms with Crippen LogP contribution in [0, 0.1) is 11.7 Å². The number of piperazine rings is 1. The standard InChI is InChI=1S/C26H30ClFN4O3/c27-20-16-18(10-11-21(20)28)26(35)32-14-12-31(13-15-32)22-9-5-4-8-19(22)25(34)30-23(24(29)33)17-6-2-1-3-7-17/h1-3,6-7,10-11,16,19,22-23H,4-5,8-9,12-15H2,(H2,29,33)(H,30,34)/t19-,22-,23+/m1/s1. The number of hydrogen-bond donors (Lipinski definition) is 2. The zero-order valence-corrected chi connectivity index (χ0v) is 20.2. The van der Waals surface area contributed by atoms with Crippen LogP contribution in [0.4, 0.5) is 4.39 Å².